The minimum atomic E-state index is -0.165. The van der Waals surface area contributed by atoms with Crippen molar-refractivity contribution in [2.45, 2.75) is 51.6 Å². The van der Waals surface area contributed by atoms with Gasteiger partial charge in [0, 0.05) is 19.7 Å². The van der Waals surface area contributed by atoms with Gasteiger partial charge in [0.1, 0.15) is 6.10 Å². The molecule has 0 radical (unpaired) electrons. The van der Waals surface area contributed by atoms with E-state index in [-0.39, 0.29) is 12.0 Å². The van der Waals surface area contributed by atoms with E-state index in [1.807, 2.05) is 0 Å². The van der Waals surface area contributed by atoms with Crippen LogP contribution in [0.2, 0.25) is 0 Å². The number of carbonyl (C=O) groups is 1. The van der Waals surface area contributed by atoms with Crippen LogP contribution in [0.4, 0.5) is 0 Å². The Balaban J connectivity index is 1.87. The molecular formula is C15H28N2O2. The highest BCUT2D eigenvalue weighted by Gasteiger charge is 2.28. The first-order chi connectivity index (χ1) is 9.31. The molecule has 4 nitrogen and oxygen atoms in total. The average molecular weight is 268 g/mol. The fourth-order valence-electron chi connectivity index (χ4n) is 3.08. The minimum Gasteiger partial charge on any atom is -0.368 e. The molecule has 1 amide bonds. The third-order valence-electron chi connectivity index (χ3n) is 4.20. The van der Waals surface area contributed by atoms with Gasteiger partial charge in [0.05, 0.1) is 0 Å². The van der Waals surface area contributed by atoms with Crippen LogP contribution in [0.25, 0.3) is 0 Å². The number of hydrogen-bond acceptors (Lipinski definition) is 3. The Morgan fingerprint density at radius 1 is 1.26 bits per heavy atom. The van der Waals surface area contributed by atoms with Gasteiger partial charge in [0.15, 0.2) is 0 Å². The molecule has 19 heavy (non-hydrogen) atoms. The maximum absolute atomic E-state index is 12.5. The van der Waals surface area contributed by atoms with Crippen molar-refractivity contribution in [1.29, 1.82) is 0 Å². The van der Waals surface area contributed by atoms with Crippen molar-refractivity contribution in [3.05, 3.63) is 0 Å². The van der Waals surface area contributed by atoms with Gasteiger partial charge in [-0.15, -0.1) is 0 Å². The zero-order valence-corrected chi connectivity index (χ0v) is 12.2. The molecule has 2 aliphatic rings. The third kappa shape index (κ3) is 4.46. The average Bonchev–Trinajstić information content (AvgIpc) is 2.48. The van der Waals surface area contributed by atoms with Crippen LogP contribution in [0.3, 0.4) is 0 Å². The molecular weight excluding hydrogens is 240 g/mol. The van der Waals surface area contributed by atoms with Gasteiger partial charge in [0.2, 0.25) is 0 Å². The maximum Gasteiger partial charge on any atom is 0.251 e. The normalized spacial score (nSPS) is 25.2. The molecule has 0 bridgehead atoms. The molecule has 0 aliphatic carbocycles. The molecule has 0 aromatic carbocycles. The fraction of sp³-hybridized carbons (Fsp3) is 0.933. The van der Waals surface area contributed by atoms with Crippen LogP contribution >= 0.6 is 0 Å². The molecule has 4 heteroatoms. The summed E-state index contributed by atoms with van der Waals surface area (Å²) in [5.41, 5.74) is 0. The standard InChI is InChI=1S/C15H28N2O2/c1-2-10-17(12-13-6-8-16-9-7-13)15(18)14-5-3-4-11-19-14/h13-14,16H,2-12H2,1H3. The first kappa shape index (κ1) is 14.8. The van der Waals surface area contributed by atoms with Crippen molar-refractivity contribution in [2.24, 2.45) is 5.92 Å². The van der Waals surface area contributed by atoms with Crippen molar-refractivity contribution < 1.29 is 9.53 Å². The molecule has 2 heterocycles. The fourth-order valence-corrected chi connectivity index (χ4v) is 3.08. The van der Waals surface area contributed by atoms with Crippen molar-refractivity contribution in [3.8, 4) is 0 Å². The summed E-state index contributed by atoms with van der Waals surface area (Å²) in [6.45, 7) is 6.89. The molecule has 1 atom stereocenters. The molecule has 1 unspecified atom stereocenters. The molecule has 110 valence electrons. The molecule has 0 saturated carbocycles. The highest BCUT2D eigenvalue weighted by atomic mass is 16.5. The molecule has 2 fully saturated rings. The molecule has 2 rings (SSSR count). The molecule has 0 spiro atoms. The van der Waals surface area contributed by atoms with E-state index in [2.05, 4.69) is 17.1 Å². The molecule has 0 aromatic rings. The summed E-state index contributed by atoms with van der Waals surface area (Å²) in [5.74, 6) is 0.903. The van der Waals surface area contributed by atoms with E-state index in [4.69, 9.17) is 4.74 Å². The highest BCUT2D eigenvalue weighted by molar-refractivity contribution is 5.81. The van der Waals surface area contributed by atoms with Crippen molar-refractivity contribution in [3.63, 3.8) is 0 Å². The summed E-state index contributed by atoms with van der Waals surface area (Å²) >= 11 is 0. The number of nitrogens with zero attached hydrogens (tertiary/aromatic N) is 1. The van der Waals surface area contributed by atoms with Crippen LogP contribution in [0, 0.1) is 5.92 Å². The second-order valence-electron chi connectivity index (χ2n) is 5.83. The Labute approximate surface area is 116 Å². The Kier molecular flexibility index (Phi) is 6.11. The number of piperidine rings is 1. The number of carbonyl (C=O) groups excluding carboxylic acids is 1. The maximum atomic E-state index is 12.5. The van der Waals surface area contributed by atoms with Crippen molar-refractivity contribution in [2.75, 3.05) is 32.8 Å². The van der Waals surface area contributed by atoms with E-state index < -0.39 is 0 Å². The summed E-state index contributed by atoms with van der Waals surface area (Å²) < 4.78 is 5.65. The van der Waals surface area contributed by atoms with Gasteiger partial charge in [-0.1, -0.05) is 6.92 Å². The van der Waals surface area contributed by atoms with Crippen molar-refractivity contribution in [1.82, 2.24) is 10.2 Å². The number of hydrogen-bond donors (Lipinski definition) is 1. The lowest BCUT2D eigenvalue weighted by Crippen LogP contribution is -2.45. The van der Waals surface area contributed by atoms with Crippen LogP contribution < -0.4 is 5.32 Å². The highest BCUT2D eigenvalue weighted by Crippen LogP contribution is 2.18. The third-order valence-corrected chi connectivity index (χ3v) is 4.20. The molecule has 0 aromatic heterocycles. The Morgan fingerprint density at radius 3 is 2.68 bits per heavy atom. The number of rotatable bonds is 5. The van der Waals surface area contributed by atoms with Crippen molar-refractivity contribution >= 4 is 5.91 Å². The van der Waals surface area contributed by atoms with E-state index >= 15 is 0 Å². The van der Waals surface area contributed by atoms with Crippen LogP contribution in [-0.2, 0) is 9.53 Å². The van der Waals surface area contributed by atoms with Gasteiger partial charge in [-0.05, 0) is 57.5 Å². The van der Waals surface area contributed by atoms with E-state index in [1.54, 1.807) is 0 Å². The predicted molar refractivity (Wildman–Crippen MR) is 76.1 cm³/mol. The summed E-state index contributed by atoms with van der Waals surface area (Å²) in [7, 11) is 0. The Hall–Kier alpha value is -0.610. The van der Waals surface area contributed by atoms with Crippen LogP contribution in [0.5, 0.6) is 0 Å². The van der Waals surface area contributed by atoms with E-state index in [1.165, 1.54) is 12.8 Å². The molecule has 2 saturated heterocycles. The second kappa shape index (κ2) is 7.85. The minimum absolute atomic E-state index is 0.165. The van der Waals surface area contributed by atoms with Crippen LogP contribution in [0.15, 0.2) is 0 Å². The first-order valence-electron chi connectivity index (χ1n) is 7.92. The van der Waals surface area contributed by atoms with Crippen LogP contribution in [0.1, 0.15) is 45.4 Å². The summed E-state index contributed by atoms with van der Waals surface area (Å²) in [6, 6.07) is 0. The number of amides is 1. The second-order valence-corrected chi connectivity index (χ2v) is 5.83. The Bertz CT molecular complexity index is 271. The smallest absolute Gasteiger partial charge is 0.251 e. The van der Waals surface area contributed by atoms with Crippen LogP contribution in [-0.4, -0.2) is 49.7 Å². The summed E-state index contributed by atoms with van der Waals surface area (Å²) in [4.78, 5) is 14.6. The van der Waals surface area contributed by atoms with E-state index in [0.717, 1.165) is 58.5 Å². The lowest BCUT2D eigenvalue weighted by Gasteiger charge is -2.33. The summed E-state index contributed by atoms with van der Waals surface area (Å²) in [6.07, 6.45) is 6.39. The van der Waals surface area contributed by atoms with Gasteiger partial charge in [-0.2, -0.15) is 0 Å². The van der Waals surface area contributed by atoms with Gasteiger partial charge in [-0.3, -0.25) is 4.79 Å². The number of nitrogens with one attached hydrogen (secondary N) is 1. The van der Waals surface area contributed by atoms with E-state index in [9.17, 15) is 4.79 Å². The lowest BCUT2D eigenvalue weighted by atomic mass is 9.97. The number of ether oxygens (including phenoxy) is 1. The first-order valence-corrected chi connectivity index (χ1v) is 7.92. The largest absolute Gasteiger partial charge is 0.368 e. The van der Waals surface area contributed by atoms with Gasteiger partial charge in [-0.25, -0.2) is 0 Å². The molecule has 2 aliphatic heterocycles. The molecule has 1 N–H and O–H groups in total. The van der Waals surface area contributed by atoms with Gasteiger partial charge < -0.3 is 15.0 Å². The quantitative estimate of drug-likeness (QED) is 0.826. The van der Waals surface area contributed by atoms with Gasteiger partial charge in [0.25, 0.3) is 5.91 Å². The monoisotopic (exact) mass is 268 g/mol. The summed E-state index contributed by atoms with van der Waals surface area (Å²) in [5, 5.41) is 3.38. The lowest BCUT2D eigenvalue weighted by molar-refractivity contribution is -0.147. The predicted octanol–water partition coefficient (Wildman–Crippen LogP) is 1.79. The zero-order valence-electron chi connectivity index (χ0n) is 12.2. The van der Waals surface area contributed by atoms with Gasteiger partial charge >= 0.3 is 0 Å². The topological polar surface area (TPSA) is 41.6 Å². The zero-order chi connectivity index (χ0) is 13.5. The SMILES string of the molecule is CCCN(CC1CCNCC1)C(=O)C1CCCCO1. The van der Waals surface area contributed by atoms with E-state index in [0.29, 0.717) is 5.92 Å². The Morgan fingerprint density at radius 2 is 2.05 bits per heavy atom.